The molecule has 0 unspecified atom stereocenters. The molecular weight excluding hydrogens is 862 g/mol. The molecule has 13 aromatic rings. The second-order valence-electron chi connectivity index (χ2n) is 19.8. The van der Waals surface area contributed by atoms with E-state index in [2.05, 4.69) is 275 Å². The number of benzene rings is 11. The molecule has 0 aliphatic carbocycles. The molecule has 72 heavy (non-hydrogen) atoms. The molecule has 0 spiro atoms. The maximum atomic E-state index is 2.58. The Morgan fingerprint density at radius 1 is 0.264 bits per heavy atom. The minimum absolute atomic E-state index is 1.16. The highest BCUT2D eigenvalue weighted by Crippen LogP contribution is 2.40. The van der Waals surface area contributed by atoms with Crippen LogP contribution in [-0.2, 0) is 0 Å². The molecule has 0 saturated heterocycles. The summed E-state index contributed by atoms with van der Waals surface area (Å²) in [7, 11) is 14.2. The average molecular weight is 910 g/mol. The summed E-state index contributed by atoms with van der Waals surface area (Å²) in [5.41, 5.74) is 27.6. The molecule has 332 valence electrons. The van der Waals surface area contributed by atoms with Gasteiger partial charge in [0.25, 0.3) is 0 Å². The third-order valence-corrected chi connectivity index (χ3v) is 15.9. The molecule has 0 aliphatic rings. The predicted molar refractivity (Wildman–Crippen MR) is 329 cm³/mol. The molecule has 0 radical (unpaired) electrons. The molecule has 0 bridgehead atoms. The van der Waals surface area contributed by atoms with Crippen molar-refractivity contribution in [1.29, 1.82) is 0 Å². The van der Waals surface area contributed by atoms with Crippen molar-refractivity contribution in [2.45, 2.75) is 0 Å². The maximum Gasteiger partial charge on any atom is 0.141 e. The number of nitrogens with zero attached hydrogens (tertiary/aromatic N) is 2. The summed E-state index contributed by atoms with van der Waals surface area (Å²) < 4.78 is 5.08. The highest BCUT2D eigenvalue weighted by atomic mass is 15.0. The van der Waals surface area contributed by atoms with Crippen molar-refractivity contribution in [3.63, 3.8) is 0 Å². The fraction of sp³-hybridized carbons (Fsp3) is 0. The topological polar surface area (TPSA) is 9.86 Å². The maximum absolute atomic E-state index is 2.58. The predicted octanol–water partition coefficient (Wildman–Crippen LogP) is 6.92. The van der Waals surface area contributed by atoms with Crippen LogP contribution in [0, 0.1) is 0 Å². The van der Waals surface area contributed by atoms with Gasteiger partial charge in [-0.15, -0.1) is 0 Å². The Morgan fingerprint density at radius 2 is 0.736 bits per heavy atom. The van der Waals surface area contributed by atoms with Crippen molar-refractivity contribution in [3.8, 4) is 67.0 Å². The minimum Gasteiger partial charge on any atom is -0.310 e. The lowest BCUT2D eigenvalue weighted by Gasteiger charge is -2.24. The van der Waals surface area contributed by atoms with Gasteiger partial charge in [-0.1, -0.05) is 215 Å². The summed E-state index contributed by atoms with van der Waals surface area (Å²) in [4.78, 5) is 0. The lowest BCUT2D eigenvalue weighted by Crippen LogP contribution is -2.41. The van der Waals surface area contributed by atoms with Gasteiger partial charge in [-0.2, -0.15) is 0 Å². The Kier molecular flexibility index (Phi) is 10.4. The first-order chi connectivity index (χ1) is 35.2. The second-order valence-corrected chi connectivity index (χ2v) is 19.8. The first-order valence-electron chi connectivity index (χ1n) is 25.3. The third kappa shape index (κ3) is 6.80. The largest absolute Gasteiger partial charge is 0.310 e. The zero-order valence-corrected chi connectivity index (χ0v) is 41.7. The molecule has 2 nitrogen and oxygen atoms in total. The van der Waals surface area contributed by atoms with Crippen molar-refractivity contribution < 1.29 is 0 Å². The SMILES string of the molecule is Bc1c(-c2c(B)c(B)c3c(c2B)c2cccc(-c4ccc5ccccc5c4)c2n3-c2cccc(-c3ccccc3)c2)c(B)c2c3ccccc3n(-c3ccc(-c4ccc(-c5ccccc5)cc4)cc3)c2c1B. The van der Waals surface area contributed by atoms with Crippen LogP contribution in [0.4, 0.5) is 0 Å². The van der Waals surface area contributed by atoms with Crippen LogP contribution in [0.1, 0.15) is 0 Å². The Labute approximate surface area is 426 Å². The van der Waals surface area contributed by atoms with Gasteiger partial charge >= 0.3 is 0 Å². The summed E-state index contributed by atoms with van der Waals surface area (Å²) in [5.74, 6) is 0. The normalized spacial score (nSPS) is 11.7. The molecule has 8 heteroatoms. The zero-order valence-electron chi connectivity index (χ0n) is 41.7. The van der Waals surface area contributed by atoms with Crippen LogP contribution in [-0.4, -0.2) is 56.2 Å². The summed E-state index contributed by atoms with van der Waals surface area (Å²) in [6.07, 6.45) is 0. The van der Waals surface area contributed by atoms with Crippen LogP contribution >= 0.6 is 0 Å². The van der Waals surface area contributed by atoms with Crippen LogP contribution in [0.5, 0.6) is 0 Å². The van der Waals surface area contributed by atoms with Gasteiger partial charge in [-0.05, 0) is 97.2 Å². The van der Waals surface area contributed by atoms with Gasteiger partial charge in [0.05, 0.1) is 11.0 Å². The minimum atomic E-state index is 1.16. The molecule has 2 aromatic heterocycles. The lowest BCUT2D eigenvalue weighted by atomic mass is 9.63. The standard InChI is InChI=1S/C64H48B6N2/c65-56-52-49-21-9-10-24-51(49)71(46-33-31-42(32-34-46)41-27-25-40(26-28-41)37-13-3-1-4-14-37)63(52)60(69)58(67)54(56)55-57(66)53-50-23-12-22-48(45-30-29-39-17-7-8-18-43(39)35-45)62(50)72(64(53)61(70)59(55)68)47-20-11-19-44(36-47)38-15-5-2-6-16-38/h1-36H,65-70H2. The fourth-order valence-electron chi connectivity index (χ4n) is 12.2. The molecule has 13 rings (SSSR count). The molecule has 0 atom stereocenters. The number of hydrogen-bond donors (Lipinski definition) is 0. The number of aromatic nitrogens is 2. The number of rotatable bonds is 7. The third-order valence-electron chi connectivity index (χ3n) is 15.9. The van der Waals surface area contributed by atoms with Crippen LogP contribution in [0.3, 0.4) is 0 Å². The molecule has 2 heterocycles. The van der Waals surface area contributed by atoms with Gasteiger partial charge in [0.2, 0.25) is 0 Å². The molecular formula is C64H48B6N2. The molecule has 0 N–H and O–H groups in total. The number of fused-ring (bicyclic) bond motifs is 7. The molecule has 0 amide bonds. The highest BCUT2D eigenvalue weighted by molar-refractivity contribution is 6.65. The van der Waals surface area contributed by atoms with Crippen LogP contribution in [0.2, 0.25) is 0 Å². The quantitative estimate of drug-likeness (QED) is 0.154. The van der Waals surface area contributed by atoms with Gasteiger partial charge < -0.3 is 9.13 Å². The van der Waals surface area contributed by atoms with Gasteiger partial charge in [-0.25, -0.2) is 0 Å². The van der Waals surface area contributed by atoms with Crippen molar-refractivity contribution in [2.75, 3.05) is 0 Å². The smallest absolute Gasteiger partial charge is 0.141 e. The van der Waals surface area contributed by atoms with E-state index in [-0.39, 0.29) is 0 Å². The highest BCUT2D eigenvalue weighted by Gasteiger charge is 2.27. The van der Waals surface area contributed by atoms with E-state index >= 15 is 0 Å². The first-order valence-corrected chi connectivity index (χ1v) is 25.3. The Bertz CT molecular complexity index is 4310. The fourth-order valence-corrected chi connectivity index (χ4v) is 12.2. The van der Waals surface area contributed by atoms with Crippen LogP contribution in [0.25, 0.3) is 121 Å². The van der Waals surface area contributed by atoms with Crippen molar-refractivity contribution in [1.82, 2.24) is 9.13 Å². The summed E-state index contributed by atoms with van der Waals surface area (Å²) in [6, 6.07) is 80.2. The molecule has 11 aromatic carbocycles. The molecule has 0 aliphatic heterocycles. The molecule has 0 fully saturated rings. The second kappa shape index (κ2) is 17.2. The Hall–Kier alpha value is -8.33. The first kappa shape index (κ1) is 43.7. The summed E-state index contributed by atoms with van der Waals surface area (Å²) in [5, 5.41) is 7.66. The van der Waals surface area contributed by atoms with Crippen LogP contribution < -0.4 is 32.8 Å². The van der Waals surface area contributed by atoms with Gasteiger partial charge in [0, 0.05) is 49.5 Å². The summed E-state index contributed by atoms with van der Waals surface area (Å²) in [6.45, 7) is 0. The van der Waals surface area contributed by atoms with Gasteiger partial charge in [-0.3, -0.25) is 0 Å². The zero-order chi connectivity index (χ0) is 48.8. The number of para-hydroxylation sites is 2. The van der Waals surface area contributed by atoms with E-state index in [0.29, 0.717) is 0 Å². The van der Waals surface area contributed by atoms with E-state index < -0.39 is 0 Å². The number of hydrogen-bond acceptors (Lipinski definition) is 0. The molecule has 0 saturated carbocycles. The van der Waals surface area contributed by atoms with E-state index in [1.807, 2.05) is 0 Å². The summed E-state index contributed by atoms with van der Waals surface area (Å²) >= 11 is 0. The van der Waals surface area contributed by atoms with Gasteiger partial charge in [0.15, 0.2) is 0 Å². The lowest BCUT2D eigenvalue weighted by molar-refractivity contribution is 1.19. The van der Waals surface area contributed by atoms with E-state index in [1.165, 1.54) is 143 Å². The van der Waals surface area contributed by atoms with Crippen LogP contribution in [0.15, 0.2) is 218 Å². The average Bonchev–Trinajstić information content (AvgIpc) is 3.98. The van der Waals surface area contributed by atoms with E-state index in [0.717, 1.165) is 11.4 Å². The van der Waals surface area contributed by atoms with Crippen molar-refractivity contribution in [2.24, 2.45) is 0 Å². The van der Waals surface area contributed by atoms with Crippen molar-refractivity contribution in [3.05, 3.63) is 218 Å². The monoisotopic (exact) mass is 910 g/mol. The Morgan fingerprint density at radius 3 is 1.39 bits per heavy atom. The van der Waals surface area contributed by atoms with Gasteiger partial charge in [0.1, 0.15) is 47.1 Å². The van der Waals surface area contributed by atoms with E-state index in [1.54, 1.807) is 0 Å². The Balaban J connectivity index is 1.02. The van der Waals surface area contributed by atoms with E-state index in [9.17, 15) is 0 Å². The van der Waals surface area contributed by atoms with Crippen molar-refractivity contribution >= 4 is 134 Å². The van der Waals surface area contributed by atoms with E-state index in [4.69, 9.17) is 0 Å².